The van der Waals surface area contributed by atoms with E-state index in [9.17, 15) is 0 Å². The first-order valence-electron chi connectivity index (χ1n) is 6.92. The zero-order chi connectivity index (χ0) is 15.7. The predicted octanol–water partition coefficient (Wildman–Crippen LogP) is 4.47. The quantitative estimate of drug-likeness (QED) is 0.636. The van der Waals surface area contributed by atoms with Gasteiger partial charge >= 0.3 is 0 Å². The van der Waals surface area contributed by atoms with Gasteiger partial charge in [0, 0.05) is 5.92 Å². The Morgan fingerprint density at radius 3 is 2.68 bits per heavy atom. The molecule has 0 aliphatic heterocycles. The lowest BCUT2D eigenvalue weighted by atomic mass is 10.2. The van der Waals surface area contributed by atoms with Crippen molar-refractivity contribution in [2.24, 2.45) is 0 Å². The summed E-state index contributed by atoms with van der Waals surface area (Å²) in [6.45, 7) is 8.06. The van der Waals surface area contributed by atoms with Crippen LogP contribution in [0, 0.1) is 6.92 Å². The van der Waals surface area contributed by atoms with Gasteiger partial charge in [0.1, 0.15) is 0 Å². The van der Waals surface area contributed by atoms with E-state index in [1.807, 2.05) is 39.1 Å². The average molecular weight is 336 g/mol. The molecule has 0 amide bonds. The Bertz CT molecular complexity index is 762. The molecule has 0 aliphatic carbocycles. The topological polar surface area (TPSA) is 77.8 Å². The lowest BCUT2D eigenvalue weighted by Crippen LogP contribution is -1.92. The van der Waals surface area contributed by atoms with Crippen LogP contribution in [0.15, 0.2) is 25.6 Å². The van der Waals surface area contributed by atoms with E-state index in [1.54, 1.807) is 11.3 Å². The van der Waals surface area contributed by atoms with Crippen molar-refractivity contribution in [1.29, 1.82) is 0 Å². The fraction of sp³-hybridized carbons (Fsp3) is 0.429. The molecule has 0 bridgehead atoms. The van der Waals surface area contributed by atoms with Crippen LogP contribution in [0.4, 0.5) is 0 Å². The summed E-state index contributed by atoms with van der Waals surface area (Å²) >= 11 is 3.01. The summed E-state index contributed by atoms with van der Waals surface area (Å²) in [5.41, 5.74) is 1.14. The number of hydrogen-bond donors (Lipinski definition) is 0. The summed E-state index contributed by atoms with van der Waals surface area (Å²) in [6.07, 6.45) is 0. The zero-order valence-corrected chi connectivity index (χ0v) is 14.4. The molecular formula is C14H16N4O2S2. The van der Waals surface area contributed by atoms with Gasteiger partial charge in [0.15, 0.2) is 5.82 Å². The molecule has 6 nitrogen and oxygen atoms in total. The van der Waals surface area contributed by atoms with E-state index < -0.39 is 0 Å². The smallest absolute Gasteiger partial charge is 0.277 e. The largest absolute Gasteiger partial charge is 0.410 e. The standard InChI is InChI=1S/C14H16N4O2S2/c1-7(2)11-15-12(20-18-11)9(4)22-14-17-16-13(19-14)10-8(3)5-6-21-10/h5-7,9H,1-4H3. The van der Waals surface area contributed by atoms with Gasteiger partial charge in [-0.3, -0.25) is 0 Å². The lowest BCUT2D eigenvalue weighted by Gasteiger charge is -2.01. The van der Waals surface area contributed by atoms with E-state index >= 15 is 0 Å². The van der Waals surface area contributed by atoms with Gasteiger partial charge in [0.05, 0.1) is 10.1 Å². The molecule has 1 atom stereocenters. The normalized spacial score (nSPS) is 13.0. The zero-order valence-electron chi connectivity index (χ0n) is 12.7. The Labute approximate surface area is 136 Å². The third kappa shape index (κ3) is 3.07. The highest BCUT2D eigenvalue weighted by molar-refractivity contribution is 7.99. The third-order valence-corrected chi connectivity index (χ3v) is 4.99. The average Bonchev–Trinajstić information content (AvgIpc) is 3.17. The highest BCUT2D eigenvalue weighted by Crippen LogP contribution is 2.36. The molecule has 116 valence electrons. The molecule has 0 fully saturated rings. The molecule has 0 saturated heterocycles. The SMILES string of the molecule is Cc1ccsc1-c1nnc(SC(C)c2nc(C(C)C)no2)o1. The van der Waals surface area contributed by atoms with Crippen molar-refractivity contribution in [2.75, 3.05) is 0 Å². The van der Waals surface area contributed by atoms with E-state index in [2.05, 4.69) is 20.3 Å². The molecule has 0 saturated carbocycles. The minimum absolute atomic E-state index is 0.0438. The second kappa shape index (κ2) is 6.21. The number of hydrogen-bond acceptors (Lipinski definition) is 8. The summed E-state index contributed by atoms with van der Waals surface area (Å²) in [5.74, 6) is 2.07. The Morgan fingerprint density at radius 2 is 2.05 bits per heavy atom. The number of nitrogens with zero attached hydrogens (tertiary/aromatic N) is 4. The molecule has 3 heterocycles. The van der Waals surface area contributed by atoms with Crippen molar-refractivity contribution in [3.63, 3.8) is 0 Å². The minimum atomic E-state index is -0.0438. The van der Waals surface area contributed by atoms with Gasteiger partial charge in [-0.15, -0.1) is 21.5 Å². The first kappa shape index (κ1) is 15.2. The van der Waals surface area contributed by atoms with Crippen LogP contribution in [-0.2, 0) is 0 Å². The minimum Gasteiger partial charge on any atom is -0.410 e. The van der Waals surface area contributed by atoms with Gasteiger partial charge in [-0.1, -0.05) is 30.8 Å². The lowest BCUT2D eigenvalue weighted by molar-refractivity contribution is 0.372. The molecular weight excluding hydrogens is 320 g/mol. The van der Waals surface area contributed by atoms with Gasteiger partial charge in [0.2, 0.25) is 5.89 Å². The van der Waals surface area contributed by atoms with Crippen LogP contribution in [-0.4, -0.2) is 20.3 Å². The molecule has 0 spiro atoms. The second-order valence-corrected chi connectivity index (χ2v) is 7.42. The van der Waals surface area contributed by atoms with Crippen molar-refractivity contribution < 1.29 is 8.94 Å². The molecule has 22 heavy (non-hydrogen) atoms. The van der Waals surface area contributed by atoms with Crippen molar-refractivity contribution in [3.05, 3.63) is 28.7 Å². The Hall–Kier alpha value is -1.67. The molecule has 3 aromatic heterocycles. The fourth-order valence-corrected chi connectivity index (χ4v) is 3.35. The van der Waals surface area contributed by atoms with E-state index in [0.717, 1.165) is 10.4 Å². The predicted molar refractivity (Wildman–Crippen MR) is 85.0 cm³/mol. The van der Waals surface area contributed by atoms with Crippen LogP contribution >= 0.6 is 23.1 Å². The van der Waals surface area contributed by atoms with Gasteiger partial charge in [0.25, 0.3) is 11.1 Å². The maximum atomic E-state index is 5.72. The summed E-state index contributed by atoms with van der Waals surface area (Å²) < 4.78 is 11.0. The van der Waals surface area contributed by atoms with Crippen LogP contribution in [0.3, 0.4) is 0 Å². The van der Waals surface area contributed by atoms with Gasteiger partial charge in [-0.05, 0) is 30.9 Å². The second-order valence-electron chi connectivity index (χ2n) is 5.21. The molecule has 0 radical (unpaired) electrons. The van der Waals surface area contributed by atoms with Crippen molar-refractivity contribution in [2.45, 2.75) is 44.1 Å². The molecule has 0 aliphatic rings. The Morgan fingerprint density at radius 1 is 1.23 bits per heavy atom. The van der Waals surface area contributed by atoms with E-state index in [4.69, 9.17) is 8.94 Å². The highest BCUT2D eigenvalue weighted by atomic mass is 32.2. The molecule has 3 rings (SSSR count). The first-order chi connectivity index (χ1) is 10.5. The summed E-state index contributed by atoms with van der Waals surface area (Å²) in [5, 5.41) is 14.6. The van der Waals surface area contributed by atoms with Crippen LogP contribution in [0.5, 0.6) is 0 Å². The third-order valence-electron chi connectivity index (χ3n) is 3.06. The van der Waals surface area contributed by atoms with E-state index in [-0.39, 0.29) is 11.2 Å². The summed E-state index contributed by atoms with van der Waals surface area (Å²) in [4.78, 5) is 5.40. The van der Waals surface area contributed by atoms with E-state index in [0.29, 0.717) is 22.8 Å². The number of thioether (sulfide) groups is 1. The Balaban J connectivity index is 1.73. The maximum Gasteiger partial charge on any atom is 0.277 e. The van der Waals surface area contributed by atoms with Crippen molar-refractivity contribution >= 4 is 23.1 Å². The number of aromatic nitrogens is 4. The summed E-state index contributed by atoms with van der Waals surface area (Å²) in [6, 6.07) is 2.03. The first-order valence-corrected chi connectivity index (χ1v) is 8.68. The van der Waals surface area contributed by atoms with Crippen LogP contribution in [0.1, 0.15) is 49.2 Å². The molecule has 0 aromatic carbocycles. The fourth-order valence-electron chi connectivity index (χ4n) is 1.79. The van der Waals surface area contributed by atoms with Gasteiger partial charge < -0.3 is 8.94 Å². The number of rotatable bonds is 5. The summed E-state index contributed by atoms with van der Waals surface area (Å²) in [7, 11) is 0. The Kier molecular flexibility index (Phi) is 4.30. The molecule has 3 aromatic rings. The van der Waals surface area contributed by atoms with Crippen molar-refractivity contribution in [1.82, 2.24) is 20.3 Å². The molecule has 1 unspecified atom stereocenters. The van der Waals surface area contributed by atoms with E-state index in [1.165, 1.54) is 11.8 Å². The van der Waals surface area contributed by atoms with Gasteiger partial charge in [-0.2, -0.15) is 4.98 Å². The highest BCUT2D eigenvalue weighted by Gasteiger charge is 2.20. The number of thiophene rings is 1. The van der Waals surface area contributed by atoms with Crippen LogP contribution in [0.2, 0.25) is 0 Å². The van der Waals surface area contributed by atoms with Gasteiger partial charge in [-0.25, -0.2) is 0 Å². The molecule has 8 heteroatoms. The monoisotopic (exact) mass is 336 g/mol. The van der Waals surface area contributed by atoms with Crippen molar-refractivity contribution in [3.8, 4) is 10.8 Å². The maximum absolute atomic E-state index is 5.72. The van der Waals surface area contributed by atoms with Crippen LogP contribution < -0.4 is 0 Å². The molecule has 0 N–H and O–H groups in total. The van der Waals surface area contributed by atoms with Crippen LogP contribution in [0.25, 0.3) is 10.8 Å². The number of aryl methyl sites for hydroxylation is 1.